The van der Waals surface area contributed by atoms with E-state index < -0.39 is 0 Å². The zero-order valence-electron chi connectivity index (χ0n) is 11.9. The fraction of sp³-hybridized carbons (Fsp3) is 1.00. The molecule has 0 aromatic rings. The molecule has 3 heteroatoms. The van der Waals surface area contributed by atoms with E-state index in [0.29, 0.717) is 6.04 Å². The second kappa shape index (κ2) is 8.90. The number of unbranched alkanes of at least 4 members (excludes halogenated alkanes) is 2. The topological polar surface area (TPSA) is 24.5 Å². The van der Waals surface area contributed by atoms with Crippen LogP contribution in [0.5, 0.6) is 0 Å². The molecule has 1 aliphatic heterocycles. The minimum atomic E-state index is 0.667. The van der Waals surface area contributed by atoms with Crippen LogP contribution in [0.15, 0.2) is 0 Å². The van der Waals surface area contributed by atoms with E-state index in [0.717, 1.165) is 19.1 Å². The molecule has 3 nitrogen and oxygen atoms in total. The summed E-state index contributed by atoms with van der Waals surface area (Å²) in [5.74, 6) is 0.840. The lowest BCUT2D eigenvalue weighted by molar-refractivity contribution is 0.177. The van der Waals surface area contributed by atoms with Gasteiger partial charge in [0.1, 0.15) is 0 Å². The molecule has 1 fully saturated rings. The zero-order chi connectivity index (χ0) is 12.5. The van der Waals surface area contributed by atoms with Gasteiger partial charge >= 0.3 is 0 Å². The van der Waals surface area contributed by atoms with Gasteiger partial charge in [0.25, 0.3) is 0 Å². The van der Waals surface area contributed by atoms with E-state index in [9.17, 15) is 0 Å². The molecule has 1 N–H and O–H groups in total. The molecule has 1 heterocycles. The molecule has 0 bridgehead atoms. The highest BCUT2D eigenvalue weighted by Gasteiger charge is 2.21. The fourth-order valence-electron chi connectivity index (χ4n) is 2.66. The predicted octanol–water partition coefficient (Wildman–Crippen LogP) is 2.12. The standard InChI is InChI=1S/C14H30N2O/c1-13(14-8-7-10-16(2)12-14)15-9-5-4-6-11-17-3/h13-15H,4-12H2,1-3H3. The van der Waals surface area contributed by atoms with Crippen molar-refractivity contribution in [2.24, 2.45) is 5.92 Å². The van der Waals surface area contributed by atoms with Crippen molar-refractivity contribution in [1.29, 1.82) is 0 Å². The Labute approximate surface area is 107 Å². The van der Waals surface area contributed by atoms with Crippen molar-refractivity contribution in [3.05, 3.63) is 0 Å². The highest BCUT2D eigenvalue weighted by Crippen LogP contribution is 2.18. The van der Waals surface area contributed by atoms with Gasteiger partial charge in [-0.25, -0.2) is 0 Å². The maximum atomic E-state index is 5.05. The van der Waals surface area contributed by atoms with Gasteiger partial charge in [-0.2, -0.15) is 0 Å². The number of hydrogen-bond acceptors (Lipinski definition) is 3. The molecule has 0 amide bonds. The minimum absolute atomic E-state index is 0.667. The Kier molecular flexibility index (Phi) is 7.82. The number of hydrogen-bond donors (Lipinski definition) is 1. The van der Waals surface area contributed by atoms with Crippen molar-refractivity contribution in [3.63, 3.8) is 0 Å². The van der Waals surface area contributed by atoms with Gasteiger partial charge in [0, 0.05) is 26.3 Å². The highest BCUT2D eigenvalue weighted by atomic mass is 16.5. The van der Waals surface area contributed by atoms with E-state index >= 15 is 0 Å². The summed E-state index contributed by atoms with van der Waals surface area (Å²) in [5, 5.41) is 3.68. The summed E-state index contributed by atoms with van der Waals surface area (Å²) in [6.45, 7) is 6.95. The molecule has 2 atom stereocenters. The van der Waals surface area contributed by atoms with Crippen LogP contribution >= 0.6 is 0 Å². The Morgan fingerprint density at radius 1 is 1.35 bits per heavy atom. The van der Waals surface area contributed by atoms with Crippen molar-refractivity contribution in [1.82, 2.24) is 10.2 Å². The van der Waals surface area contributed by atoms with Gasteiger partial charge in [-0.05, 0) is 65.1 Å². The monoisotopic (exact) mass is 242 g/mol. The van der Waals surface area contributed by atoms with Crippen LogP contribution in [0.25, 0.3) is 0 Å². The van der Waals surface area contributed by atoms with Gasteiger partial charge in [-0.15, -0.1) is 0 Å². The quantitative estimate of drug-likeness (QED) is 0.660. The molecule has 1 saturated heterocycles. The Morgan fingerprint density at radius 3 is 2.88 bits per heavy atom. The first-order valence-electron chi connectivity index (χ1n) is 7.15. The van der Waals surface area contributed by atoms with Gasteiger partial charge in [-0.3, -0.25) is 0 Å². The van der Waals surface area contributed by atoms with Crippen molar-refractivity contribution in [2.75, 3.05) is 40.4 Å². The second-order valence-electron chi connectivity index (χ2n) is 5.46. The normalized spacial score (nSPS) is 23.8. The van der Waals surface area contributed by atoms with E-state index in [1.807, 2.05) is 0 Å². The van der Waals surface area contributed by atoms with Crippen LogP contribution in [0, 0.1) is 5.92 Å². The summed E-state index contributed by atoms with van der Waals surface area (Å²) >= 11 is 0. The van der Waals surface area contributed by atoms with Gasteiger partial charge < -0.3 is 15.0 Å². The first-order valence-corrected chi connectivity index (χ1v) is 7.15. The number of likely N-dealkylation sites (tertiary alicyclic amines) is 1. The van der Waals surface area contributed by atoms with Gasteiger partial charge in [0.15, 0.2) is 0 Å². The lowest BCUT2D eigenvalue weighted by Gasteiger charge is -2.34. The molecule has 0 spiro atoms. The summed E-state index contributed by atoms with van der Waals surface area (Å²) in [6, 6.07) is 0.667. The minimum Gasteiger partial charge on any atom is -0.385 e. The average molecular weight is 242 g/mol. The number of methoxy groups -OCH3 is 1. The molecular weight excluding hydrogens is 212 g/mol. The van der Waals surface area contributed by atoms with Gasteiger partial charge in [-0.1, -0.05) is 0 Å². The van der Waals surface area contributed by atoms with Crippen LogP contribution in [0.4, 0.5) is 0 Å². The van der Waals surface area contributed by atoms with E-state index in [1.54, 1.807) is 7.11 Å². The molecule has 17 heavy (non-hydrogen) atoms. The lowest BCUT2D eigenvalue weighted by atomic mass is 9.92. The van der Waals surface area contributed by atoms with Gasteiger partial charge in [0.2, 0.25) is 0 Å². The third-order valence-corrected chi connectivity index (χ3v) is 3.86. The Bertz CT molecular complexity index is 187. The summed E-state index contributed by atoms with van der Waals surface area (Å²) in [4.78, 5) is 2.46. The van der Waals surface area contributed by atoms with Crippen LogP contribution in [0.1, 0.15) is 39.0 Å². The van der Waals surface area contributed by atoms with Crippen LogP contribution in [-0.4, -0.2) is 51.3 Å². The molecule has 0 radical (unpaired) electrons. The van der Waals surface area contributed by atoms with E-state index in [4.69, 9.17) is 4.74 Å². The number of rotatable bonds is 8. The summed E-state index contributed by atoms with van der Waals surface area (Å²) < 4.78 is 5.05. The Hall–Kier alpha value is -0.120. The van der Waals surface area contributed by atoms with Crippen LogP contribution < -0.4 is 5.32 Å². The SMILES string of the molecule is COCCCCCNC(C)C1CCCN(C)C1. The van der Waals surface area contributed by atoms with Crippen molar-refractivity contribution in [3.8, 4) is 0 Å². The third kappa shape index (κ3) is 6.39. The Morgan fingerprint density at radius 2 is 2.18 bits per heavy atom. The molecule has 0 aromatic heterocycles. The van der Waals surface area contributed by atoms with E-state index in [1.165, 1.54) is 45.2 Å². The zero-order valence-corrected chi connectivity index (χ0v) is 11.9. The van der Waals surface area contributed by atoms with Crippen LogP contribution in [0.3, 0.4) is 0 Å². The average Bonchev–Trinajstić information content (AvgIpc) is 2.33. The summed E-state index contributed by atoms with van der Waals surface area (Å²) in [7, 11) is 4.02. The highest BCUT2D eigenvalue weighted by molar-refractivity contribution is 4.78. The molecule has 0 saturated carbocycles. The number of piperidine rings is 1. The first kappa shape index (κ1) is 14.9. The smallest absolute Gasteiger partial charge is 0.0462 e. The van der Waals surface area contributed by atoms with Gasteiger partial charge in [0.05, 0.1) is 0 Å². The molecule has 102 valence electrons. The first-order chi connectivity index (χ1) is 8.24. The van der Waals surface area contributed by atoms with Crippen LogP contribution in [-0.2, 0) is 4.74 Å². The largest absolute Gasteiger partial charge is 0.385 e. The summed E-state index contributed by atoms with van der Waals surface area (Å²) in [5.41, 5.74) is 0. The molecule has 1 rings (SSSR count). The predicted molar refractivity (Wildman–Crippen MR) is 73.4 cm³/mol. The maximum Gasteiger partial charge on any atom is 0.0462 e. The maximum absolute atomic E-state index is 5.05. The van der Waals surface area contributed by atoms with Crippen LogP contribution in [0.2, 0.25) is 0 Å². The molecule has 0 aliphatic carbocycles. The lowest BCUT2D eigenvalue weighted by Crippen LogP contribution is -2.43. The van der Waals surface area contributed by atoms with E-state index in [2.05, 4.69) is 24.2 Å². The molecular formula is C14H30N2O. The third-order valence-electron chi connectivity index (χ3n) is 3.86. The number of nitrogens with zero attached hydrogens (tertiary/aromatic N) is 1. The number of nitrogens with one attached hydrogen (secondary N) is 1. The van der Waals surface area contributed by atoms with Crippen molar-refractivity contribution < 1.29 is 4.74 Å². The number of ether oxygens (including phenoxy) is 1. The Balaban J connectivity index is 2.02. The van der Waals surface area contributed by atoms with Crippen molar-refractivity contribution >= 4 is 0 Å². The van der Waals surface area contributed by atoms with Crippen molar-refractivity contribution in [2.45, 2.75) is 45.1 Å². The second-order valence-corrected chi connectivity index (χ2v) is 5.46. The van der Waals surface area contributed by atoms with E-state index in [-0.39, 0.29) is 0 Å². The molecule has 0 aromatic carbocycles. The molecule has 1 aliphatic rings. The fourth-order valence-corrected chi connectivity index (χ4v) is 2.66. The molecule has 2 unspecified atom stereocenters. The summed E-state index contributed by atoms with van der Waals surface area (Å²) in [6.07, 6.45) is 6.50.